The Morgan fingerprint density at radius 3 is 2.00 bits per heavy atom. The first-order valence-corrected chi connectivity index (χ1v) is 7.48. The van der Waals surface area contributed by atoms with Crippen LogP contribution >= 0.6 is 0 Å². The molecule has 2 atom stereocenters. The van der Waals surface area contributed by atoms with Crippen molar-refractivity contribution in [3.63, 3.8) is 0 Å². The summed E-state index contributed by atoms with van der Waals surface area (Å²) in [5.41, 5.74) is 0. The summed E-state index contributed by atoms with van der Waals surface area (Å²) in [5, 5.41) is 15.2. The molecule has 0 radical (unpaired) electrons. The van der Waals surface area contributed by atoms with E-state index in [1.807, 2.05) is 13.8 Å². The van der Waals surface area contributed by atoms with Gasteiger partial charge >= 0.3 is 10.4 Å². The van der Waals surface area contributed by atoms with Crippen molar-refractivity contribution >= 4 is 10.4 Å². The minimum atomic E-state index is -4.37. The zero-order valence-electron chi connectivity index (χ0n) is 10.9. The highest BCUT2D eigenvalue weighted by Crippen LogP contribution is 1.95. The van der Waals surface area contributed by atoms with Crippen LogP contribution in [0.1, 0.15) is 26.7 Å². The SMILES string of the molecule is CC[C@@H](CO)NCCN[C@@H](CC)COS(=O)(=O)O. The van der Waals surface area contributed by atoms with E-state index in [0.29, 0.717) is 19.5 Å². The van der Waals surface area contributed by atoms with Gasteiger partial charge in [-0.2, -0.15) is 8.42 Å². The summed E-state index contributed by atoms with van der Waals surface area (Å²) in [6.07, 6.45) is 1.53. The molecule has 4 N–H and O–H groups in total. The van der Waals surface area contributed by atoms with E-state index in [9.17, 15) is 8.42 Å². The van der Waals surface area contributed by atoms with Gasteiger partial charge in [-0.1, -0.05) is 13.8 Å². The molecule has 8 heteroatoms. The molecule has 0 fully saturated rings. The minimum absolute atomic E-state index is 0.0842. The van der Waals surface area contributed by atoms with Crippen LogP contribution in [0.2, 0.25) is 0 Å². The fourth-order valence-electron chi connectivity index (χ4n) is 1.38. The van der Waals surface area contributed by atoms with Crippen molar-refractivity contribution in [1.82, 2.24) is 10.6 Å². The highest BCUT2D eigenvalue weighted by molar-refractivity contribution is 7.80. The third kappa shape index (κ3) is 9.75. The highest BCUT2D eigenvalue weighted by atomic mass is 32.3. The van der Waals surface area contributed by atoms with Crippen LogP contribution in [0.15, 0.2) is 0 Å². The summed E-state index contributed by atoms with van der Waals surface area (Å²) in [5.74, 6) is 0. The number of hydrogen-bond donors (Lipinski definition) is 4. The molecule has 0 aromatic carbocycles. The molecular weight excluding hydrogens is 260 g/mol. The van der Waals surface area contributed by atoms with Crippen molar-refractivity contribution in [3.8, 4) is 0 Å². The van der Waals surface area contributed by atoms with E-state index < -0.39 is 10.4 Å². The Balaban J connectivity index is 3.74. The van der Waals surface area contributed by atoms with Crippen LogP contribution in [-0.2, 0) is 14.6 Å². The first-order valence-electron chi connectivity index (χ1n) is 6.12. The lowest BCUT2D eigenvalue weighted by molar-refractivity contribution is 0.225. The van der Waals surface area contributed by atoms with Gasteiger partial charge in [0.05, 0.1) is 13.2 Å². The zero-order valence-corrected chi connectivity index (χ0v) is 11.7. The summed E-state index contributed by atoms with van der Waals surface area (Å²) in [6.45, 7) is 5.18. The van der Waals surface area contributed by atoms with Crippen molar-refractivity contribution in [2.75, 3.05) is 26.3 Å². The summed E-state index contributed by atoms with van der Waals surface area (Å²) in [7, 11) is -4.37. The number of nitrogens with one attached hydrogen (secondary N) is 2. The molecule has 7 nitrogen and oxygen atoms in total. The summed E-state index contributed by atoms with van der Waals surface area (Å²) in [4.78, 5) is 0. The van der Waals surface area contributed by atoms with Crippen LogP contribution in [-0.4, -0.2) is 56.5 Å². The van der Waals surface area contributed by atoms with Gasteiger partial charge in [0.1, 0.15) is 0 Å². The topological polar surface area (TPSA) is 108 Å². The standard InChI is InChI=1S/C10H24N2O5S/c1-3-9(7-13)11-5-6-12-10(4-2)8-17-18(14,15)16/h9-13H,3-8H2,1-2H3,(H,14,15,16)/t9-,10-/m0/s1. The summed E-state index contributed by atoms with van der Waals surface area (Å²) >= 11 is 0. The molecule has 0 aliphatic carbocycles. The molecule has 0 aromatic heterocycles. The largest absolute Gasteiger partial charge is 0.397 e. The molecule has 0 aromatic rings. The fourth-order valence-corrected chi connectivity index (χ4v) is 1.72. The van der Waals surface area contributed by atoms with Crippen molar-refractivity contribution in [2.24, 2.45) is 0 Å². The van der Waals surface area contributed by atoms with Crippen LogP contribution in [0.5, 0.6) is 0 Å². The van der Waals surface area contributed by atoms with Gasteiger partial charge in [-0.3, -0.25) is 4.55 Å². The molecule has 0 aliphatic rings. The van der Waals surface area contributed by atoms with Gasteiger partial charge in [-0.15, -0.1) is 0 Å². The molecule has 0 heterocycles. The van der Waals surface area contributed by atoms with Crippen molar-refractivity contribution in [1.29, 1.82) is 0 Å². The minimum Gasteiger partial charge on any atom is -0.395 e. The van der Waals surface area contributed by atoms with Crippen LogP contribution in [0, 0.1) is 0 Å². The Hall–Kier alpha value is -0.250. The normalized spacial score (nSPS) is 15.6. The van der Waals surface area contributed by atoms with E-state index in [-0.39, 0.29) is 25.3 Å². The lowest BCUT2D eigenvalue weighted by atomic mass is 10.2. The lowest BCUT2D eigenvalue weighted by Crippen LogP contribution is -2.41. The van der Waals surface area contributed by atoms with Crippen molar-refractivity contribution in [3.05, 3.63) is 0 Å². The third-order valence-corrected chi connectivity index (χ3v) is 3.05. The Morgan fingerprint density at radius 1 is 1.11 bits per heavy atom. The molecule has 18 heavy (non-hydrogen) atoms. The number of hydrogen-bond acceptors (Lipinski definition) is 6. The van der Waals surface area contributed by atoms with Crippen LogP contribution in [0.25, 0.3) is 0 Å². The first kappa shape index (κ1) is 17.8. The molecule has 0 unspecified atom stereocenters. The Kier molecular flexibility index (Phi) is 9.52. The fraction of sp³-hybridized carbons (Fsp3) is 1.00. The molecule has 0 saturated heterocycles. The monoisotopic (exact) mass is 284 g/mol. The van der Waals surface area contributed by atoms with Gasteiger partial charge in [-0.25, -0.2) is 4.18 Å². The molecule has 110 valence electrons. The predicted molar refractivity (Wildman–Crippen MR) is 68.7 cm³/mol. The van der Waals surface area contributed by atoms with Crippen molar-refractivity contribution < 1.29 is 22.3 Å². The van der Waals surface area contributed by atoms with E-state index in [4.69, 9.17) is 9.66 Å². The second-order valence-corrected chi connectivity index (χ2v) is 5.10. The van der Waals surface area contributed by atoms with Gasteiger partial charge in [-0.05, 0) is 12.8 Å². The Bertz CT molecular complexity index is 293. The smallest absolute Gasteiger partial charge is 0.395 e. The van der Waals surface area contributed by atoms with Gasteiger partial charge in [0.15, 0.2) is 0 Å². The maximum atomic E-state index is 10.4. The van der Waals surface area contributed by atoms with Gasteiger partial charge < -0.3 is 15.7 Å². The maximum absolute atomic E-state index is 10.4. The van der Waals surface area contributed by atoms with Crippen molar-refractivity contribution in [2.45, 2.75) is 38.8 Å². The van der Waals surface area contributed by atoms with Gasteiger partial charge in [0.2, 0.25) is 0 Å². The van der Waals surface area contributed by atoms with E-state index in [2.05, 4.69) is 14.8 Å². The molecule has 0 aliphatic heterocycles. The molecule has 0 bridgehead atoms. The highest BCUT2D eigenvalue weighted by Gasteiger charge is 2.11. The molecule has 0 spiro atoms. The predicted octanol–water partition coefficient (Wildman–Crippen LogP) is -0.465. The second-order valence-electron chi connectivity index (χ2n) is 4.01. The molecule has 0 amide bonds. The van der Waals surface area contributed by atoms with E-state index in [1.54, 1.807) is 0 Å². The van der Waals surface area contributed by atoms with Crippen LogP contribution < -0.4 is 10.6 Å². The van der Waals surface area contributed by atoms with E-state index in [1.165, 1.54) is 0 Å². The summed E-state index contributed by atoms with van der Waals surface area (Å²) < 4.78 is 33.6. The molecule has 0 rings (SSSR count). The molecular formula is C10H24N2O5S. The number of aliphatic hydroxyl groups excluding tert-OH is 1. The van der Waals surface area contributed by atoms with Gasteiger partial charge in [0.25, 0.3) is 0 Å². The van der Waals surface area contributed by atoms with Crippen LogP contribution in [0.3, 0.4) is 0 Å². The molecule has 0 saturated carbocycles. The van der Waals surface area contributed by atoms with E-state index in [0.717, 1.165) is 6.42 Å². The van der Waals surface area contributed by atoms with Crippen LogP contribution in [0.4, 0.5) is 0 Å². The number of rotatable bonds is 11. The Labute approximate surface area is 109 Å². The maximum Gasteiger partial charge on any atom is 0.397 e. The Morgan fingerprint density at radius 2 is 1.61 bits per heavy atom. The first-order chi connectivity index (χ1) is 8.42. The number of aliphatic hydroxyl groups is 1. The third-order valence-electron chi connectivity index (χ3n) is 2.62. The summed E-state index contributed by atoms with van der Waals surface area (Å²) in [6, 6.07) is -0.0520. The van der Waals surface area contributed by atoms with Gasteiger partial charge in [0, 0.05) is 25.2 Å². The zero-order chi connectivity index (χ0) is 14.0. The second kappa shape index (κ2) is 9.65. The quantitative estimate of drug-likeness (QED) is 0.300. The average Bonchev–Trinajstić information content (AvgIpc) is 2.32. The van der Waals surface area contributed by atoms with E-state index >= 15 is 0 Å². The average molecular weight is 284 g/mol. The lowest BCUT2D eigenvalue weighted by Gasteiger charge is -2.18.